The van der Waals surface area contributed by atoms with E-state index < -0.39 is 10.0 Å². The van der Waals surface area contributed by atoms with Crippen LogP contribution in [0.25, 0.3) is 11.4 Å². The number of carbonyl (C=O) groups excluding carboxylic acids is 1. The number of sulfonamides is 1. The van der Waals surface area contributed by atoms with Crippen molar-refractivity contribution in [3.05, 3.63) is 60.0 Å². The molecule has 1 aliphatic rings. The van der Waals surface area contributed by atoms with Crippen LogP contribution in [0.15, 0.2) is 57.9 Å². The summed E-state index contributed by atoms with van der Waals surface area (Å²) in [6, 6.07) is 14.1. The van der Waals surface area contributed by atoms with Gasteiger partial charge in [-0.1, -0.05) is 23.7 Å². The Morgan fingerprint density at radius 1 is 1.06 bits per heavy atom. The number of methoxy groups -OCH3 is 1. The molecule has 1 N–H and O–H groups in total. The van der Waals surface area contributed by atoms with Crippen LogP contribution in [0.3, 0.4) is 0 Å². The Kier molecular flexibility index (Phi) is 8.14. The number of ether oxygens (including phenoxy) is 1. The predicted molar refractivity (Wildman–Crippen MR) is 130 cm³/mol. The maximum atomic E-state index is 12.7. The third-order valence-electron chi connectivity index (χ3n) is 5.98. The summed E-state index contributed by atoms with van der Waals surface area (Å²) in [5.74, 6) is 1.64. The van der Waals surface area contributed by atoms with E-state index in [1.165, 1.54) is 0 Å². The SMILES string of the molecule is COc1ccc(-c2noc(CCCC(=O)NCc3ccc(S(=O)(=O)N4CCCCC4)cc3)n2)cc1. The van der Waals surface area contributed by atoms with Crippen molar-refractivity contribution in [1.82, 2.24) is 19.8 Å². The highest BCUT2D eigenvalue weighted by atomic mass is 32.2. The molecule has 4 rings (SSSR count). The standard InChI is InChI=1S/C25H30N4O5S/c1-33-21-12-10-20(11-13-21)25-27-24(34-28-25)7-5-6-23(30)26-18-19-8-14-22(15-9-19)35(31,32)29-16-3-2-4-17-29/h8-15H,2-7,16-18H2,1H3,(H,26,30). The average Bonchev–Trinajstić information content (AvgIpc) is 3.37. The fourth-order valence-corrected chi connectivity index (χ4v) is 5.45. The van der Waals surface area contributed by atoms with E-state index in [9.17, 15) is 13.2 Å². The number of aryl methyl sites for hydroxylation is 1. The lowest BCUT2D eigenvalue weighted by Crippen LogP contribution is -2.35. The van der Waals surface area contributed by atoms with Gasteiger partial charge in [-0.25, -0.2) is 8.42 Å². The summed E-state index contributed by atoms with van der Waals surface area (Å²) in [6.07, 6.45) is 4.27. The highest BCUT2D eigenvalue weighted by Gasteiger charge is 2.25. The van der Waals surface area contributed by atoms with Crippen LogP contribution >= 0.6 is 0 Å². The summed E-state index contributed by atoms with van der Waals surface area (Å²) in [7, 11) is -1.84. The van der Waals surface area contributed by atoms with Crippen molar-refractivity contribution in [2.24, 2.45) is 0 Å². The Morgan fingerprint density at radius 2 is 1.77 bits per heavy atom. The Balaban J connectivity index is 1.21. The Labute approximate surface area is 205 Å². The molecule has 9 nitrogen and oxygen atoms in total. The van der Waals surface area contributed by atoms with Gasteiger partial charge in [-0.05, 0) is 61.2 Å². The lowest BCUT2D eigenvalue weighted by atomic mass is 10.2. The van der Waals surface area contributed by atoms with E-state index in [1.807, 2.05) is 24.3 Å². The minimum Gasteiger partial charge on any atom is -0.497 e. The monoisotopic (exact) mass is 498 g/mol. The fourth-order valence-electron chi connectivity index (χ4n) is 3.94. The summed E-state index contributed by atoms with van der Waals surface area (Å²) in [6.45, 7) is 1.49. The molecule has 0 saturated carbocycles. The van der Waals surface area contributed by atoms with Gasteiger partial charge in [0.05, 0.1) is 12.0 Å². The summed E-state index contributed by atoms with van der Waals surface area (Å²) in [4.78, 5) is 16.9. The molecular formula is C25H30N4O5S. The summed E-state index contributed by atoms with van der Waals surface area (Å²) < 4.78 is 37.5. The second-order valence-corrected chi connectivity index (χ2v) is 10.4. The number of benzene rings is 2. The van der Waals surface area contributed by atoms with Gasteiger partial charge in [0.15, 0.2) is 0 Å². The van der Waals surface area contributed by atoms with Crippen LogP contribution in [-0.4, -0.2) is 49.0 Å². The molecule has 0 atom stereocenters. The molecule has 1 saturated heterocycles. The minimum absolute atomic E-state index is 0.0927. The number of nitrogens with zero attached hydrogens (tertiary/aromatic N) is 3. The first-order valence-electron chi connectivity index (χ1n) is 11.8. The molecule has 0 bridgehead atoms. The topological polar surface area (TPSA) is 115 Å². The van der Waals surface area contributed by atoms with Gasteiger partial charge in [-0.2, -0.15) is 9.29 Å². The first kappa shape index (κ1) is 24.9. The van der Waals surface area contributed by atoms with E-state index >= 15 is 0 Å². The Hall–Kier alpha value is -3.24. The van der Waals surface area contributed by atoms with E-state index in [-0.39, 0.29) is 5.91 Å². The predicted octanol–water partition coefficient (Wildman–Crippen LogP) is 3.56. The molecule has 1 amide bonds. The number of nitrogens with one attached hydrogen (secondary N) is 1. The van der Waals surface area contributed by atoms with Gasteiger partial charge in [-0.3, -0.25) is 4.79 Å². The van der Waals surface area contributed by atoms with Crippen LogP contribution in [-0.2, 0) is 27.8 Å². The van der Waals surface area contributed by atoms with Crippen molar-refractivity contribution in [1.29, 1.82) is 0 Å². The third-order valence-corrected chi connectivity index (χ3v) is 7.89. The minimum atomic E-state index is -3.45. The van der Waals surface area contributed by atoms with Gasteiger partial charge < -0.3 is 14.6 Å². The molecule has 0 unspecified atom stereocenters. The van der Waals surface area contributed by atoms with Gasteiger partial charge >= 0.3 is 0 Å². The normalized spacial score (nSPS) is 14.5. The number of carbonyl (C=O) groups is 1. The lowest BCUT2D eigenvalue weighted by Gasteiger charge is -2.25. The van der Waals surface area contributed by atoms with E-state index in [2.05, 4.69) is 15.5 Å². The summed E-state index contributed by atoms with van der Waals surface area (Å²) in [5, 5.41) is 6.87. The highest BCUT2D eigenvalue weighted by molar-refractivity contribution is 7.89. The average molecular weight is 499 g/mol. The molecule has 0 spiro atoms. The van der Waals surface area contributed by atoms with Crippen molar-refractivity contribution in [2.75, 3.05) is 20.2 Å². The van der Waals surface area contributed by atoms with Gasteiger partial charge in [0, 0.05) is 38.0 Å². The lowest BCUT2D eigenvalue weighted by molar-refractivity contribution is -0.121. The number of amides is 1. The molecule has 0 radical (unpaired) electrons. The molecule has 2 heterocycles. The van der Waals surface area contributed by atoms with Gasteiger partial charge in [0.2, 0.25) is 27.6 Å². The van der Waals surface area contributed by atoms with E-state index in [0.29, 0.717) is 55.5 Å². The molecule has 0 aliphatic carbocycles. The van der Waals surface area contributed by atoms with Crippen molar-refractivity contribution >= 4 is 15.9 Å². The number of aromatic nitrogens is 2. The van der Waals surface area contributed by atoms with Crippen molar-refractivity contribution in [2.45, 2.75) is 50.0 Å². The second kappa shape index (κ2) is 11.5. The summed E-state index contributed by atoms with van der Waals surface area (Å²) >= 11 is 0. The number of rotatable bonds is 10. The van der Waals surface area contributed by atoms with Gasteiger partial charge in [-0.15, -0.1) is 0 Å². The fraction of sp³-hybridized carbons (Fsp3) is 0.400. The van der Waals surface area contributed by atoms with E-state index in [0.717, 1.165) is 36.1 Å². The van der Waals surface area contributed by atoms with Crippen molar-refractivity contribution < 1.29 is 22.5 Å². The van der Waals surface area contributed by atoms with Crippen LogP contribution in [0.4, 0.5) is 0 Å². The molecule has 35 heavy (non-hydrogen) atoms. The van der Waals surface area contributed by atoms with E-state index in [1.54, 1.807) is 35.7 Å². The Morgan fingerprint density at radius 3 is 2.46 bits per heavy atom. The number of hydrogen-bond donors (Lipinski definition) is 1. The van der Waals surface area contributed by atoms with Crippen molar-refractivity contribution in [3.63, 3.8) is 0 Å². The highest BCUT2D eigenvalue weighted by Crippen LogP contribution is 2.22. The molecular weight excluding hydrogens is 468 g/mol. The van der Waals surface area contributed by atoms with Gasteiger partial charge in [0.25, 0.3) is 0 Å². The second-order valence-electron chi connectivity index (χ2n) is 8.48. The number of piperidine rings is 1. The maximum Gasteiger partial charge on any atom is 0.243 e. The first-order chi connectivity index (χ1) is 17.0. The van der Waals surface area contributed by atoms with Crippen LogP contribution < -0.4 is 10.1 Å². The molecule has 10 heteroatoms. The van der Waals surface area contributed by atoms with Gasteiger partial charge in [0.1, 0.15) is 5.75 Å². The van der Waals surface area contributed by atoms with E-state index in [4.69, 9.17) is 9.26 Å². The van der Waals surface area contributed by atoms with Crippen LogP contribution in [0, 0.1) is 0 Å². The maximum absolute atomic E-state index is 12.7. The molecule has 1 aliphatic heterocycles. The van der Waals surface area contributed by atoms with Crippen LogP contribution in [0.2, 0.25) is 0 Å². The largest absolute Gasteiger partial charge is 0.497 e. The molecule has 186 valence electrons. The summed E-state index contributed by atoms with van der Waals surface area (Å²) in [5.41, 5.74) is 1.67. The zero-order chi connectivity index (χ0) is 24.7. The molecule has 1 aromatic heterocycles. The van der Waals surface area contributed by atoms with Crippen LogP contribution in [0.1, 0.15) is 43.6 Å². The molecule has 1 fully saturated rings. The quantitative estimate of drug-likeness (QED) is 0.454. The van der Waals surface area contributed by atoms with Crippen LogP contribution in [0.5, 0.6) is 5.75 Å². The molecule has 2 aromatic carbocycles. The third kappa shape index (κ3) is 6.46. The first-order valence-corrected chi connectivity index (χ1v) is 13.2. The zero-order valence-electron chi connectivity index (χ0n) is 19.8. The number of hydrogen-bond acceptors (Lipinski definition) is 7. The molecule has 3 aromatic rings. The Bertz CT molecular complexity index is 1220. The van der Waals surface area contributed by atoms with Crippen molar-refractivity contribution in [3.8, 4) is 17.1 Å². The smallest absolute Gasteiger partial charge is 0.243 e. The zero-order valence-corrected chi connectivity index (χ0v) is 20.6.